The van der Waals surface area contributed by atoms with E-state index in [1.807, 2.05) is 12.2 Å². The first kappa shape index (κ1) is 11.2. The number of hydrogen-bond acceptors (Lipinski definition) is 2. The zero-order chi connectivity index (χ0) is 12.3. The second kappa shape index (κ2) is 4.70. The van der Waals surface area contributed by atoms with E-state index in [2.05, 4.69) is 0 Å². The largest absolute Gasteiger partial charge is 0.511 e. The smallest absolute Gasteiger partial charge is 0.335 e. The van der Waals surface area contributed by atoms with Gasteiger partial charge in [-0.05, 0) is 11.6 Å². The van der Waals surface area contributed by atoms with E-state index in [9.17, 15) is 9.90 Å². The lowest BCUT2D eigenvalue weighted by molar-refractivity contribution is 0.0696. The number of hydrogen-bond donors (Lipinski definition) is 2. The zero-order valence-corrected chi connectivity index (χ0v) is 9.13. The Morgan fingerprint density at radius 3 is 2.35 bits per heavy atom. The van der Waals surface area contributed by atoms with Gasteiger partial charge in [-0.2, -0.15) is 0 Å². The predicted molar refractivity (Wildman–Crippen MR) is 65.0 cm³/mol. The molecule has 0 aliphatic heterocycles. The summed E-state index contributed by atoms with van der Waals surface area (Å²) in [7, 11) is 0. The molecule has 0 saturated carbocycles. The van der Waals surface area contributed by atoms with Crippen LogP contribution in [0, 0.1) is 0 Å². The number of aliphatic hydroxyl groups excluding tert-OH is 1. The van der Waals surface area contributed by atoms with Crippen LogP contribution in [0.2, 0.25) is 0 Å². The van der Waals surface area contributed by atoms with Crippen LogP contribution < -0.4 is 0 Å². The summed E-state index contributed by atoms with van der Waals surface area (Å²) in [6, 6.07) is 6.69. The van der Waals surface area contributed by atoms with E-state index in [1.54, 1.807) is 30.4 Å². The number of carboxylic acid groups (broad SMARTS) is 1. The van der Waals surface area contributed by atoms with Crippen LogP contribution in [0.25, 0.3) is 0 Å². The van der Waals surface area contributed by atoms with E-state index < -0.39 is 5.97 Å². The number of aliphatic hydroxyl groups is 1. The minimum absolute atomic E-state index is 0.184. The fourth-order valence-electron chi connectivity index (χ4n) is 1.73. The Morgan fingerprint density at radius 2 is 1.71 bits per heavy atom. The van der Waals surface area contributed by atoms with Gasteiger partial charge in [0, 0.05) is 12.0 Å². The van der Waals surface area contributed by atoms with E-state index in [0.29, 0.717) is 5.56 Å². The molecule has 0 fully saturated rings. The molecule has 1 aromatic rings. The number of aromatic carboxylic acids is 1. The van der Waals surface area contributed by atoms with Gasteiger partial charge in [0.25, 0.3) is 0 Å². The molecule has 86 valence electrons. The normalized spacial score (nSPS) is 13.1. The second-order valence-corrected chi connectivity index (χ2v) is 3.76. The van der Waals surface area contributed by atoms with Crippen molar-refractivity contribution in [2.75, 3.05) is 0 Å². The molecule has 0 spiro atoms. The highest BCUT2D eigenvalue weighted by Crippen LogP contribution is 2.18. The Hall–Kier alpha value is -2.29. The second-order valence-electron chi connectivity index (χ2n) is 3.76. The topological polar surface area (TPSA) is 57.5 Å². The van der Waals surface area contributed by atoms with Gasteiger partial charge in [0.15, 0.2) is 0 Å². The average Bonchev–Trinajstić information content (AvgIpc) is 2.83. The number of carbonyl (C=O) groups is 1. The number of carboxylic acids is 1. The zero-order valence-electron chi connectivity index (χ0n) is 9.13. The van der Waals surface area contributed by atoms with Crippen molar-refractivity contribution in [1.29, 1.82) is 0 Å². The van der Waals surface area contributed by atoms with Crippen LogP contribution in [-0.2, 0) is 6.42 Å². The average molecular weight is 228 g/mol. The van der Waals surface area contributed by atoms with Crippen LogP contribution in [0.5, 0.6) is 0 Å². The third-order valence-corrected chi connectivity index (χ3v) is 2.60. The molecular weight excluding hydrogens is 216 g/mol. The van der Waals surface area contributed by atoms with Gasteiger partial charge in [0.1, 0.15) is 5.76 Å². The highest BCUT2D eigenvalue weighted by Gasteiger charge is 2.11. The molecule has 1 aromatic carbocycles. The summed E-state index contributed by atoms with van der Waals surface area (Å²) in [4.78, 5) is 11.0. The Balaban J connectivity index is 2.31. The summed E-state index contributed by atoms with van der Waals surface area (Å²) >= 11 is 0. The lowest BCUT2D eigenvalue weighted by Crippen LogP contribution is -2.03. The molecule has 0 atom stereocenters. The standard InChI is InChI=1S/C14H12O3/c15-13(10-5-1-2-6-10)9-11-7-3-4-8-12(11)14(16)17/h1-8,15H,9H2,(H,16,17). The van der Waals surface area contributed by atoms with Crippen LogP contribution in [0.4, 0.5) is 0 Å². The maximum Gasteiger partial charge on any atom is 0.335 e. The first-order chi connectivity index (χ1) is 8.18. The van der Waals surface area contributed by atoms with Gasteiger partial charge in [-0.25, -0.2) is 4.79 Å². The molecule has 0 saturated heterocycles. The van der Waals surface area contributed by atoms with Crippen molar-refractivity contribution in [3.05, 3.63) is 71.0 Å². The quantitative estimate of drug-likeness (QED) is 0.782. The third kappa shape index (κ3) is 2.45. The van der Waals surface area contributed by atoms with Crippen molar-refractivity contribution < 1.29 is 15.0 Å². The van der Waals surface area contributed by atoms with Crippen molar-refractivity contribution >= 4 is 5.97 Å². The molecule has 0 unspecified atom stereocenters. The highest BCUT2D eigenvalue weighted by atomic mass is 16.4. The van der Waals surface area contributed by atoms with Crippen LogP contribution in [-0.4, -0.2) is 16.2 Å². The fourth-order valence-corrected chi connectivity index (χ4v) is 1.73. The molecule has 2 rings (SSSR count). The molecule has 17 heavy (non-hydrogen) atoms. The molecule has 0 amide bonds. The van der Waals surface area contributed by atoms with Gasteiger partial charge >= 0.3 is 5.97 Å². The van der Waals surface area contributed by atoms with Gasteiger partial charge in [0.2, 0.25) is 0 Å². The SMILES string of the molecule is O=C(O)c1ccccc1CC(O)=C1C=CC=C1. The summed E-state index contributed by atoms with van der Waals surface area (Å²) in [6.45, 7) is 0. The minimum Gasteiger partial charge on any atom is -0.511 e. The number of rotatable bonds is 3. The maximum absolute atomic E-state index is 11.0. The van der Waals surface area contributed by atoms with Gasteiger partial charge < -0.3 is 10.2 Å². The van der Waals surface area contributed by atoms with Crippen molar-refractivity contribution in [2.24, 2.45) is 0 Å². The summed E-state index contributed by atoms with van der Waals surface area (Å²) in [6.07, 6.45) is 7.47. The maximum atomic E-state index is 11.0. The Kier molecular flexibility index (Phi) is 3.10. The van der Waals surface area contributed by atoms with Crippen molar-refractivity contribution in [3.63, 3.8) is 0 Å². The van der Waals surface area contributed by atoms with Gasteiger partial charge in [-0.15, -0.1) is 0 Å². The van der Waals surface area contributed by atoms with Crippen LogP contribution in [0.3, 0.4) is 0 Å². The van der Waals surface area contributed by atoms with Crippen molar-refractivity contribution in [3.8, 4) is 0 Å². The van der Waals surface area contributed by atoms with Crippen LogP contribution in [0.1, 0.15) is 15.9 Å². The lowest BCUT2D eigenvalue weighted by atomic mass is 10.0. The van der Waals surface area contributed by atoms with E-state index in [0.717, 1.165) is 5.57 Å². The van der Waals surface area contributed by atoms with E-state index in [-0.39, 0.29) is 17.7 Å². The van der Waals surface area contributed by atoms with Crippen LogP contribution >= 0.6 is 0 Å². The summed E-state index contributed by atoms with van der Waals surface area (Å²) in [5, 5.41) is 18.9. The van der Waals surface area contributed by atoms with Crippen molar-refractivity contribution in [2.45, 2.75) is 6.42 Å². The van der Waals surface area contributed by atoms with Crippen molar-refractivity contribution in [1.82, 2.24) is 0 Å². The predicted octanol–water partition coefficient (Wildman–Crippen LogP) is 2.87. The van der Waals surface area contributed by atoms with Gasteiger partial charge in [0.05, 0.1) is 5.56 Å². The minimum atomic E-state index is -0.976. The number of benzene rings is 1. The summed E-state index contributed by atoms with van der Waals surface area (Å²) in [5.41, 5.74) is 1.56. The highest BCUT2D eigenvalue weighted by molar-refractivity contribution is 5.89. The molecule has 2 N–H and O–H groups in total. The molecule has 1 aliphatic rings. The van der Waals surface area contributed by atoms with Gasteiger partial charge in [-0.1, -0.05) is 42.5 Å². The molecule has 1 aliphatic carbocycles. The van der Waals surface area contributed by atoms with Gasteiger partial charge in [-0.3, -0.25) is 0 Å². The monoisotopic (exact) mass is 228 g/mol. The number of allylic oxidation sites excluding steroid dienone is 6. The lowest BCUT2D eigenvalue weighted by Gasteiger charge is -2.06. The third-order valence-electron chi connectivity index (χ3n) is 2.60. The first-order valence-corrected chi connectivity index (χ1v) is 5.26. The molecule has 3 heteroatoms. The van der Waals surface area contributed by atoms with E-state index in [4.69, 9.17) is 5.11 Å². The molecule has 3 nitrogen and oxygen atoms in total. The molecule has 0 heterocycles. The fraction of sp³-hybridized carbons (Fsp3) is 0.0714. The molecule has 0 bridgehead atoms. The van der Waals surface area contributed by atoms with E-state index in [1.165, 1.54) is 6.07 Å². The molecule has 0 aromatic heterocycles. The van der Waals surface area contributed by atoms with Crippen LogP contribution in [0.15, 0.2) is 59.9 Å². The molecule has 0 radical (unpaired) electrons. The Bertz CT molecular complexity index is 522. The Morgan fingerprint density at radius 1 is 1.06 bits per heavy atom. The summed E-state index contributed by atoms with van der Waals surface area (Å²) in [5.74, 6) is -0.792. The van der Waals surface area contributed by atoms with E-state index >= 15 is 0 Å². The first-order valence-electron chi connectivity index (χ1n) is 5.26. The summed E-state index contributed by atoms with van der Waals surface area (Å²) < 4.78 is 0. The molecular formula is C14H12O3. The Labute approximate surface area is 99.0 Å².